The molecule has 1 aromatic rings. The molecule has 5 nitrogen and oxygen atoms in total. The van der Waals surface area contributed by atoms with Crippen LogP contribution in [-0.4, -0.2) is 29.3 Å². The van der Waals surface area contributed by atoms with Gasteiger partial charge in [0, 0.05) is 16.5 Å². The Labute approximate surface area is 106 Å². The van der Waals surface area contributed by atoms with Crippen LogP contribution in [0.4, 0.5) is 0 Å². The highest BCUT2D eigenvalue weighted by molar-refractivity contribution is 9.10. The van der Waals surface area contributed by atoms with Gasteiger partial charge >= 0.3 is 5.97 Å². The Balaban J connectivity index is 2.77. The SMILES string of the molecule is O=CNC(CC(=O)c1cccc(Br)c1)C(=O)O. The van der Waals surface area contributed by atoms with Crippen molar-refractivity contribution in [2.45, 2.75) is 12.5 Å². The summed E-state index contributed by atoms with van der Waals surface area (Å²) in [5.74, 6) is -1.58. The summed E-state index contributed by atoms with van der Waals surface area (Å²) in [4.78, 5) is 32.7. The molecular weight excluding hydrogens is 290 g/mol. The van der Waals surface area contributed by atoms with Crippen LogP contribution in [0.1, 0.15) is 16.8 Å². The first-order valence-corrected chi connectivity index (χ1v) is 5.55. The molecule has 0 aliphatic rings. The molecule has 0 saturated heterocycles. The molecule has 1 rings (SSSR count). The number of carbonyl (C=O) groups excluding carboxylic acids is 2. The summed E-state index contributed by atoms with van der Waals surface area (Å²) in [5.41, 5.74) is 0.401. The smallest absolute Gasteiger partial charge is 0.326 e. The van der Waals surface area contributed by atoms with Crippen LogP contribution in [0.5, 0.6) is 0 Å². The summed E-state index contributed by atoms with van der Waals surface area (Å²) in [5, 5.41) is 10.9. The number of Topliss-reactive ketones (excluding diaryl/α,β-unsaturated/α-hetero) is 1. The van der Waals surface area contributed by atoms with Crippen LogP contribution in [0.15, 0.2) is 28.7 Å². The van der Waals surface area contributed by atoms with Gasteiger partial charge in [0.05, 0.1) is 0 Å². The lowest BCUT2D eigenvalue weighted by Gasteiger charge is -2.10. The van der Waals surface area contributed by atoms with Crippen molar-refractivity contribution in [3.8, 4) is 0 Å². The number of benzene rings is 1. The van der Waals surface area contributed by atoms with Gasteiger partial charge < -0.3 is 10.4 Å². The highest BCUT2D eigenvalue weighted by atomic mass is 79.9. The largest absolute Gasteiger partial charge is 0.480 e. The van der Waals surface area contributed by atoms with E-state index in [-0.39, 0.29) is 18.6 Å². The van der Waals surface area contributed by atoms with Gasteiger partial charge in [0.2, 0.25) is 6.41 Å². The van der Waals surface area contributed by atoms with Gasteiger partial charge in [0.1, 0.15) is 6.04 Å². The van der Waals surface area contributed by atoms with Gasteiger partial charge in [-0.15, -0.1) is 0 Å². The Morgan fingerprint density at radius 2 is 2.18 bits per heavy atom. The maximum atomic E-state index is 11.7. The summed E-state index contributed by atoms with van der Waals surface area (Å²) in [6.45, 7) is 0. The summed E-state index contributed by atoms with van der Waals surface area (Å²) >= 11 is 3.22. The summed E-state index contributed by atoms with van der Waals surface area (Å²) in [6.07, 6.45) is -0.00248. The van der Waals surface area contributed by atoms with Gasteiger partial charge in [0.25, 0.3) is 0 Å². The predicted molar refractivity (Wildman–Crippen MR) is 63.7 cm³/mol. The first-order chi connectivity index (χ1) is 8.04. The number of ketones is 1. The van der Waals surface area contributed by atoms with Gasteiger partial charge in [-0.1, -0.05) is 28.1 Å². The molecule has 17 heavy (non-hydrogen) atoms. The number of carbonyl (C=O) groups is 3. The lowest BCUT2D eigenvalue weighted by atomic mass is 10.0. The van der Waals surface area contributed by atoms with Crippen molar-refractivity contribution >= 4 is 34.1 Å². The van der Waals surface area contributed by atoms with Crippen molar-refractivity contribution < 1.29 is 19.5 Å². The molecule has 1 aromatic carbocycles. The number of carboxylic acids is 1. The fourth-order valence-corrected chi connectivity index (χ4v) is 1.66. The number of hydrogen-bond donors (Lipinski definition) is 2. The lowest BCUT2D eigenvalue weighted by Crippen LogP contribution is -2.37. The van der Waals surface area contributed by atoms with Crippen molar-refractivity contribution in [2.24, 2.45) is 0 Å². The molecule has 0 saturated carbocycles. The number of carboxylic acid groups (broad SMARTS) is 1. The second-order valence-electron chi connectivity index (χ2n) is 3.31. The van der Waals surface area contributed by atoms with Crippen molar-refractivity contribution in [1.29, 1.82) is 0 Å². The van der Waals surface area contributed by atoms with Crippen LogP contribution in [0.25, 0.3) is 0 Å². The number of aliphatic carboxylic acids is 1. The zero-order valence-corrected chi connectivity index (χ0v) is 10.3. The third-order valence-corrected chi connectivity index (χ3v) is 2.60. The molecule has 0 radical (unpaired) electrons. The van der Waals surface area contributed by atoms with E-state index in [0.29, 0.717) is 5.56 Å². The molecule has 0 aliphatic carbocycles. The maximum Gasteiger partial charge on any atom is 0.326 e. The Morgan fingerprint density at radius 3 is 2.71 bits per heavy atom. The lowest BCUT2D eigenvalue weighted by molar-refractivity contribution is -0.140. The minimum Gasteiger partial charge on any atom is -0.480 e. The van der Waals surface area contributed by atoms with E-state index < -0.39 is 12.0 Å². The standard InChI is InChI=1S/C11H10BrNO4/c12-8-3-1-2-7(4-8)10(15)5-9(11(16)17)13-6-14/h1-4,6,9H,5H2,(H,13,14)(H,16,17). The normalized spacial score (nSPS) is 11.6. The fourth-order valence-electron chi connectivity index (χ4n) is 1.26. The molecule has 1 atom stereocenters. The van der Waals surface area contributed by atoms with Gasteiger partial charge in [-0.05, 0) is 12.1 Å². The van der Waals surface area contributed by atoms with Crippen LogP contribution < -0.4 is 5.32 Å². The van der Waals surface area contributed by atoms with E-state index in [1.807, 2.05) is 0 Å². The molecular formula is C11H10BrNO4. The van der Waals surface area contributed by atoms with Crippen LogP contribution in [-0.2, 0) is 9.59 Å². The summed E-state index contributed by atoms with van der Waals surface area (Å²) in [7, 11) is 0. The number of nitrogens with one attached hydrogen (secondary N) is 1. The zero-order chi connectivity index (χ0) is 12.8. The number of hydrogen-bond acceptors (Lipinski definition) is 3. The molecule has 6 heteroatoms. The molecule has 0 bridgehead atoms. The predicted octanol–water partition coefficient (Wildman–Crippen LogP) is 1.22. The van der Waals surface area contributed by atoms with Crippen LogP contribution >= 0.6 is 15.9 Å². The Kier molecular flexibility index (Phi) is 4.84. The first kappa shape index (κ1) is 13.4. The van der Waals surface area contributed by atoms with Gasteiger partial charge in [-0.25, -0.2) is 4.79 Å². The molecule has 0 fully saturated rings. The van der Waals surface area contributed by atoms with Crippen LogP contribution in [0, 0.1) is 0 Å². The quantitative estimate of drug-likeness (QED) is 0.611. The van der Waals surface area contributed by atoms with Gasteiger partial charge in [0.15, 0.2) is 5.78 Å². The Hall–Kier alpha value is -1.69. The molecule has 0 aromatic heterocycles. The third kappa shape index (κ3) is 3.99. The van der Waals surface area contributed by atoms with Crippen molar-refractivity contribution in [3.05, 3.63) is 34.3 Å². The third-order valence-electron chi connectivity index (χ3n) is 2.10. The topological polar surface area (TPSA) is 83.5 Å². The second-order valence-corrected chi connectivity index (χ2v) is 4.23. The van der Waals surface area contributed by atoms with E-state index in [0.717, 1.165) is 4.47 Å². The minimum absolute atomic E-state index is 0.271. The number of halogens is 1. The second kappa shape index (κ2) is 6.15. The van der Waals surface area contributed by atoms with E-state index in [2.05, 4.69) is 21.2 Å². The average Bonchev–Trinajstić information content (AvgIpc) is 2.28. The van der Waals surface area contributed by atoms with Crippen LogP contribution in [0.2, 0.25) is 0 Å². The number of rotatable bonds is 6. The minimum atomic E-state index is -1.24. The molecule has 0 heterocycles. The average molecular weight is 300 g/mol. The Morgan fingerprint density at radius 1 is 1.47 bits per heavy atom. The highest BCUT2D eigenvalue weighted by Gasteiger charge is 2.21. The van der Waals surface area contributed by atoms with E-state index in [1.165, 1.54) is 0 Å². The first-order valence-electron chi connectivity index (χ1n) is 4.76. The molecule has 0 spiro atoms. The van der Waals surface area contributed by atoms with Crippen molar-refractivity contribution in [3.63, 3.8) is 0 Å². The molecule has 90 valence electrons. The molecule has 1 unspecified atom stereocenters. The summed E-state index contributed by atoms with van der Waals surface area (Å²) in [6, 6.07) is 5.43. The van der Waals surface area contributed by atoms with Gasteiger partial charge in [-0.2, -0.15) is 0 Å². The van der Waals surface area contributed by atoms with E-state index in [4.69, 9.17) is 5.11 Å². The summed E-state index contributed by atoms with van der Waals surface area (Å²) < 4.78 is 0.735. The zero-order valence-electron chi connectivity index (χ0n) is 8.72. The molecule has 2 N–H and O–H groups in total. The van der Waals surface area contributed by atoms with Crippen molar-refractivity contribution in [2.75, 3.05) is 0 Å². The van der Waals surface area contributed by atoms with E-state index in [9.17, 15) is 14.4 Å². The number of amides is 1. The Bertz CT molecular complexity index is 447. The fraction of sp³-hybridized carbons (Fsp3) is 0.182. The van der Waals surface area contributed by atoms with E-state index in [1.54, 1.807) is 24.3 Å². The highest BCUT2D eigenvalue weighted by Crippen LogP contribution is 2.13. The van der Waals surface area contributed by atoms with Crippen molar-refractivity contribution in [1.82, 2.24) is 5.32 Å². The van der Waals surface area contributed by atoms with Gasteiger partial charge in [-0.3, -0.25) is 9.59 Å². The molecule has 1 amide bonds. The van der Waals surface area contributed by atoms with Crippen LogP contribution in [0.3, 0.4) is 0 Å². The molecule has 0 aliphatic heterocycles. The monoisotopic (exact) mass is 299 g/mol. The maximum absolute atomic E-state index is 11.7. The van der Waals surface area contributed by atoms with E-state index >= 15 is 0 Å².